The molecule has 0 spiro atoms. The Labute approximate surface area is 119 Å². The fourth-order valence-corrected chi connectivity index (χ4v) is 2.40. The van der Waals surface area contributed by atoms with Crippen LogP contribution in [0.5, 0.6) is 0 Å². The predicted molar refractivity (Wildman–Crippen MR) is 86.5 cm³/mol. The maximum atomic E-state index is 2.28. The van der Waals surface area contributed by atoms with E-state index in [1.807, 2.05) is 0 Å². The van der Waals surface area contributed by atoms with Crippen molar-refractivity contribution in [2.45, 2.75) is 54.4 Å². The molecule has 1 aromatic rings. The van der Waals surface area contributed by atoms with Gasteiger partial charge in [0, 0.05) is 0 Å². The van der Waals surface area contributed by atoms with Crippen molar-refractivity contribution in [3.63, 3.8) is 0 Å². The fraction of sp³-hybridized carbons (Fsp3) is 0.421. The van der Waals surface area contributed by atoms with Gasteiger partial charge in [0.2, 0.25) is 0 Å². The monoisotopic (exact) mass is 255 g/mol. The van der Waals surface area contributed by atoms with Gasteiger partial charge in [-0.15, -0.1) is 0 Å². The van der Waals surface area contributed by atoms with E-state index in [0.29, 0.717) is 0 Å². The second kappa shape index (κ2) is 7.33. The Hall–Kier alpha value is -1.30. The molecule has 0 heteroatoms. The normalized spacial score (nSPS) is 11.6. The van der Waals surface area contributed by atoms with Crippen molar-refractivity contribution >= 4 is 0 Å². The van der Waals surface area contributed by atoms with Crippen LogP contribution < -0.4 is 0 Å². The summed E-state index contributed by atoms with van der Waals surface area (Å²) in [5.74, 6) is 0. The minimum atomic E-state index is 1.03. The van der Waals surface area contributed by atoms with Crippen LogP contribution in [0.3, 0.4) is 0 Å². The van der Waals surface area contributed by atoms with Gasteiger partial charge in [0.05, 0.1) is 0 Å². The van der Waals surface area contributed by atoms with Crippen LogP contribution in [-0.4, -0.2) is 0 Å². The van der Waals surface area contributed by atoms with Gasteiger partial charge < -0.3 is 0 Å². The Morgan fingerprint density at radius 3 is 2.11 bits per heavy atom. The maximum Gasteiger partial charge on any atom is -0.00645 e. The Morgan fingerprint density at radius 2 is 1.58 bits per heavy atom. The molecule has 103 valence electrons. The highest BCUT2D eigenvalue weighted by atomic mass is 14.1. The third kappa shape index (κ3) is 5.46. The highest BCUT2D eigenvalue weighted by Gasteiger charge is 2.04. The van der Waals surface area contributed by atoms with E-state index < -0.39 is 0 Å². The molecule has 19 heavy (non-hydrogen) atoms. The van der Waals surface area contributed by atoms with Gasteiger partial charge in [0.15, 0.2) is 0 Å². The third-order valence-corrected chi connectivity index (χ3v) is 3.36. The summed E-state index contributed by atoms with van der Waals surface area (Å²) >= 11 is 0. The van der Waals surface area contributed by atoms with E-state index in [1.54, 1.807) is 0 Å². The maximum absolute atomic E-state index is 2.28. The minimum Gasteiger partial charge on any atom is -0.0853 e. The van der Waals surface area contributed by atoms with Crippen LogP contribution >= 0.6 is 0 Å². The van der Waals surface area contributed by atoms with Gasteiger partial charge in [-0.25, -0.2) is 0 Å². The first-order valence-electron chi connectivity index (χ1n) is 7.09. The highest BCUT2D eigenvalue weighted by molar-refractivity contribution is 5.39. The quantitative estimate of drug-likeness (QED) is 0.470. The Balaban J connectivity index is 2.69. The SMILES string of the molecule is CC(C)=CC[CH]C=C(C)Cc1c(C)cc(C)cc1C. The smallest absolute Gasteiger partial charge is 0.00645 e. The van der Waals surface area contributed by atoms with E-state index in [2.05, 4.69) is 72.2 Å². The van der Waals surface area contributed by atoms with Crippen LogP contribution in [0.4, 0.5) is 0 Å². The largest absolute Gasteiger partial charge is 0.0853 e. The first-order chi connectivity index (χ1) is 8.90. The molecule has 0 aliphatic heterocycles. The lowest BCUT2D eigenvalue weighted by molar-refractivity contribution is 1.07. The zero-order chi connectivity index (χ0) is 14.4. The number of hydrogen-bond donors (Lipinski definition) is 0. The zero-order valence-electron chi connectivity index (χ0n) is 13.3. The molecule has 0 amide bonds. The molecule has 1 radical (unpaired) electrons. The van der Waals surface area contributed by atoms with E-state index >= 15 is 0 Å². The molecule has 0 bridgehead atoms. The summed E-state index contributed by atoms with van der Waals surface area (Å²) in [5.41, 5.74) is 8.47. The second-order valence-electron chi connectivity index (χ2n) is 5.82. The Bertz CT molecular complexity index is 460. The van der Waals surface area contributed by atoms with E-state index in [9.17, 15) is 0 Å². The van der Waals surface area contributed by atoms with Gasteiger partial charge in [0.25, 0.3) is 0 Å². The molecule has 0 aromatic heterocycles. The standard InChI is InChI=1S/C19H27/c1-14(2)9-7-8-10-15(3)13-19-17(5)11-16(4)12-18(19)6/h8-12H,7,13H2,1-6H3. The average molecular weight is 255 g/mol. The summed E-state index contributed by atoms with van der Waals surface area (Å²) in [5, 5.41) is 0. The van der Waals surface area contributed by atoms with Crippen molar-refractivity contribution in [1.82, 2.24) is 0 Å². The van der Waals surface area contributed by atoms with Crippen molar-refractivity contribution in [2.24, 2.45) is 0 Å². The minimum absolute atomic E-state index is 1.03. The van der Waals surface area contributed by atoms with Gasteiger partial charge in [-0.2, -0.15) is 0 Å². The van der Waals surface area contributed by atoms with Crippen molar-refractivity contribution in [3.05, 3.63) is 64.1 Å². The Kier molecular flexibility index (Phi) is 6.08. The number of allylic oxidation sites excluding steroid dienone is 4. The summed E-state index contributed by atoms with van der Waals surface area (Å²) in [4.78, 5) is 0. The topological polar surface area (TPSA) is 0 Å². The van der Waals surface area contributed by atoms with E-state index in [1.165, 1.54) is 33.4 Å². The lowest BCUT2D eigenvalue weighted by Crippen LogP contribution is -1.96. The number of benzene rings is 1. The fourth-order valence-electron chi connectivity index (χ4n) is 2.40. The summed E-state index contributed by atoms with van der Waals surface area (Å²) < 4.78 is 0. The van der Waals surface area contributed by atoms with Crippen LogP contribution in [-0.2, 0) is 6.42 Å². The first-order valence-corrected chi connectivity index (χ1v) is 7.09. The molecule has 0 N–H and O–H groups in total. The molecular formula is C19H27. The molecule has 0 fully saturated rings. The lowest BCUT2D eigenvalue weighted by Gasteiger charge is -2.11. The van der Waals surface area contributed by atoms with Gasteiger partial charge in [-0.1, -0.05) is 41.0 Å². The number of hydrogen-bond acceptors (Lipinski definition) is 0. The number of rotatable bonds is 5. The predicted octanol–water partition coefficient (Wildman–Crippen LogP) is 5.66. The van der Waals surface area contributed by atoms with Crippen molar-refractivity contribution < 1.29 is 0 Å². The molecule has 0 nitrogen and oxygen atoms in total. The van der Waals surface area contributed by atoms with Gasteiger partial charge in [0.1, 0.15) is 0 Å². The molecule has 0 heterocycles. The van der Waals surface area contributed by atoms with Crippen LogP contribution in [0.2, 0.25) is 0 Å². The van der Waals surface area contributed by atoms with Crippen LogP contribution in [0.25, 0.3) is 0 Å². The number of unbranched alkanes of at least 4 members (excludes halogenated alkanes) is 1. The summed E-state index contributed by atoms with van der Waals surface area (Å²) in [6.07, 6.45) is 8.86. The van der Waals surface area contributed by atoms with Crippen LogP contribution in [0.15, 0.2) is 35.4 Å². The molecule has 0 saturated heterocycles. The van der Waals surface area contributed by atoms with E-state index in [4.69, 9.17) is 0 Å². The van der Waals surface area contributed by atoms with Crippen molar-refractivity contribution in [2.75, 3.05) is 0 Å². The second-order valence-corrected chi connectivity index (χ2v) is 5.82. The molecule has 0 atom stereocenters. The molecular weight excluding hydrogens is 228 g/mol. The lowest BCUT2D eigenvalue weighted by atomic mass is 9.94. The zero-order valence-corrected chi connectivity index (χ0v) is 13.3. The van der Waals surface area contributed by atoms with Gasteiger partial charge in [-0.05, 0) is 77.5 Å². The molecule has 1 aromatic carbocycles. The number of aryl methyl sites for hydroxylation is 3. The molecule has 0 unspecified atom stereocenters. The third-order valence-electron chi connectivity index (χ3n) is 3.36. The molecule has 1 rings (SSSR count). The van der Waals surface area contributed by atoms with Crippen LogP contribution in [0.1, 0.15) is 49.4 Å². The average Bonchev–Trinajstić information content (AvgIpc) is 2.29. The van der Waals surface area contributed by atoms with E-state index in [-0.39, 0.29) is 0 Å². The van der Waals surface area contributed by atoms with Gasteiger partial charge in [-0.3, -0.25) is 0 Å². The van der Waals surface area contributed by atoms with Crippen molar-refractivity contribution in [3.8, 4) is 0 Å². The summed E-state index contributed by atoms with van der Waals surface area (Å²) in [7, 11) is 0. The van der Waals surface area contributed by atoms with Crippen LogP contribution in [0, 0.1) is 27.2 Å². The van der Waals surface area contributed by atoms with E-state index in [0.717, 1.165) is 12.8 Å². The van der Waals surface area contributed by atoms with Crippen molar-refractivity contribution in [1.29, 1.82) is 0 Å². The summed E-state index contributed by atoms with van der Waals surface area (Å²) in [6, 6.07) is 4.56. The molecule has 0 aliphatic rings. The van der Waals surface area contributed by atoms with Gasteiger partial charge >= 0.3 is 0 Å². The first kappa shape index (κ1) is 15.8. The Morgan fingerprint density at radius 1 is 1.00 bits per heavy atom. The molecule has 0 aliphatic carbocycles. The molecule has 0 saturated carbocycles. The summed E-state index contributed by atoms with van der Waals surface area (Å²) in [6.45, 7) is 13.1. The highest BCUT2D eigenvalue weighted by Crippen LogP contribution is 2.20.